The largest absolute Gasteiger partial charge is 0.352 e. The van der Waals surface area contributed by atoms with E-state index in [0.717, 1.165) is 12.8 Å². The summed E-state index contributed by atoms with van der Waals surface area (Å²) in [5.41, 5.74) is 5.86. The molecule has 0 aliphatic heterocycles. The third-order valence-corrected chi connectivity index (χ3v) is 2.84. The van der Waals surface area contributed by atoms with Crippen LogP contribution in [0, 0.1) is 0 Å². The maximum Gasteiger partial charge on any atom is 0.251 e. The predicted octanol–water partition coefficient (Wildman–Crippen LogP) is 2.46. The molecule has 1 rings (SSSR count). The number of unbranched alkanes of at least 4 members (excludes halogenated alkanes) is 1. The Hall–Kier alpha value is -0.770. The second-order valence-corrected chi connectivity index (χ2v) is 4.19. The normalized spacial score (nSPS) is 10.2. The first kappa shape index (κ1) is 13.3. The molecule has 16 heavy (non-hydrogen) atoms. The molecule has 3 nitrogen and oxygen atoms in total. The van der Waals surface area contributed by atoms with E-state index in [9.17, 15) is 4.79 Å². The molecule has 0 aliphatic rings. The fourth-order valence-corrected chi connectivity index (χ4v) is 1.51. The maximum absolute atomic E-state index is 11.6. The quantitative estimate of drug-likeness (QED) is 0.800. The molecule has 1 aromatic carbocycles. The minimum atomic E-state index is -0.143. The van der Waals surface area contributed by atoms with Gasteiger partial charge >= 0.3 is 0 Å². The molecule has 0 aromatic heterocycles. The first-order chi connectivity index (χ1) is 7.65. The van der Waals surface area contributed by atoms with Crippen LogP contribution >= 0.6 is 23.2 Å². The second kappa shape index (κ2) is 6.74. The number of carbonyl (C=O) groups is 1. The van der Waals surface area contributed by atoms with Crippen molar-refractivity contribution in [2.24, 2.45) is 5.73 Å². The second-order valence-electron chi connectivity index (χ2n) is 3.38. The third-order valence-electron chi connectivity index (χ3n) is 2.10. The number of hydrogen-bond acceptors (Lipinski definition) is 2. The highest BCUT2D eigenvalue weighted by molar-refractivity contribution is 6.42. The third kappa shape index (κ3) is 4.00. The van der Waals surface area contributed by atoms with E-state index in [1.807, 2.05) is 0 Å². The lowest BCUT2D eigenvalue weighted by Gasteiger charge is -2.05. The van der Waals surface area contributed by atoms with Crippen LogP contribution in [0.4, 0.5) is 0 Å². The SMILES string of the molecule is NCCCCNC(=O)c1ccc(Cl)c(Cl)c1. The molecule has 88 valence electrons. The van der Waals surface area contributed by atoms with Gasteiger partial charge in [-0.1, -0.05) is 23.2 Å². The first-order valence-corrected chi connectivity index (χ1v) is 5.84. The van der Waals surface area contributed by atoms with Gasteiger partial charge in [0, 0.05) is 12.1 Å². The van der Waals surface area contributed by atoms with Crippen molar-refractivity contribution in [2.45, 2.75) is 12.8 Å². The summed E-state index contributed by atoms with van der Waals surface area (Å²) >= 11 is 11.6. The summed E-state index contributed by atoms with van der Waals surface area (Å²) in [7, 11) is 0. The molecule has 0 heterocycles. The molecule has 0 bridgehead atoms. The summed E-state index contributed by atoms with van der Waals surface area (Å²) in [6.07, 6.45) is 1.78. The van der Waals surface area contributed by atoms with Crippen molar-refractivity contribution in [1.82, 2.24) is 5.32 Å². The van der Waals surface area contributed by atoms with Crippen LogP contribution in [0.25, 0.3) is 0 Å². The Kier molecular flexibility index (Phi) is 5.60. The van der Waals surface area contributed by atoms with E-state index in [1.165, 1.54) is 0 Å². The van der Waals surface area contributed by atoms with Crippen molar-refractivity contribution >= 4 is 29.1 Å². The van der Waals surface area contributed by atoms with Crippen LogP contribution in [0.3, 0.4) is 0 Å². The molecule has 0 atom stereocenters. The number of nitrogens with one attached hydrogen (secondary N) is 1. The standard InChI is InChI=1S/C11H14Cl2N2O/c12-9-4-3-8(7-10(9)13)11(16)15-6-2-1-5-14/h3-4,7H,1-2,5-6,14H2,(H,15,16). The number of amides is 1. The summed E-state index contributed by atoms with van der Waals surface area (Å²) in [5.74, 6) is -0.143. The highest BCUT2D eigenvalue weighted by Gasteiger charge is 2.06. The highest BCUT2D eigenvalue weighted by Crippen LogP contribution is 2.22. The molecule has 0 fully saturated rings. The molecule has 3 N–H and O–H groups in total. The Bertz CT molecular complexity index is 369. The van der Waals surface area contributed by atoms with Gasteiger partial charge in [-0.15, -0.1) is 0 Å². The number of benzene rings is 1. The van der Waals surface area contributed by atoms with Crippen LogP contribution in [0.15, 0.2) is 18.2 Å². The smallest absolute Gasteiger partial charge is 0.251 e. The number of carbonyl (C=O) groups excluding carboxylic acids is 1. The van der Waals surface area contributed by atoms with Crippen molar-refractivity contribution in [3.63, 3.8) is 0 Å². The Morgan fingerprint density at radius 2 is 2.00 bits per heavy atom. The van der Waals surface area contributed by atoms with E-state index in [0.29, 0.717) is 28.7 Å². The average molecular weight is 261 g/mol. The van der Waals surface area contributed by atoms with Crippen LogP contribution in [-0.4, -0.2) is 19.0 Å². The van der Waals surface area contributed by atoms with Crippen LogP contribution in [0.1, 0.15) is 23.2 Å². The summed E-state index contributed by atoms with van der Waals surface area (Å²) < 4.78 is 0. The lowest BCUT2D eigenvalue weighted by atomic mass is 10.2. The fourth-order valence-electron chi connectivity index (χ4n) is 1.21. The summed E-state index contributed by atoms with van der Waals surface area (Å²) in [4.78, 5) is 11.6. The minimum Gasteiger partial charge on any atom is -0.352 e. The van der Waals surface area contributed by atoms with E-state index in [-0.39, 0.29) is 5.91 Å². The molecular weight excluding hydrogens is 247 g/mol. The molecule has 1 aromatic rings. The van der Waals surface area contributed by atoms with E-state index in [2.05, 4.69) is 5.32 Å². The first-order valence-electron chi connectivity index (χ1n) is 5.08. The molecule has 0 saturated heterocycles. The van der Waals surface area contributed by atoms with Crippen molar-refractivity contribution in [3.8, 4) is 0 Å². The minimum absolute atomic E-state index is 0.143. The summed E-state index contributed by atoms with van der Waals surface area (Å²) in [5, 5.41) is 3.62. The zero-order valence-electron chi connectivity index (χ0n) is 8.80. The van der Waals surface area contributed by atoms with Gasteiger partial charge in [0.15, 0.2) is 0 Å². The van der Waals surface area contributed by atoms with Crippen LogP contribution in [0.5, 0.6) is 0 Å². The van der Waals surface area contributed by atoms with Crippen LogP contribution in [-0.2, 0) is 0 Å². The van der Waals surface area contributed by atoms with Gasteiger partial charge in [-0.3, -0.25) is 4.79 Å². The van der Waals surface area contributed by atoms with Crippen molar-refractivity contribution in [3.05, 3.63) is 33.8 Å². The molecule has 0 radical (unpaired) electrons. The van der Waals surface area contributed by atoms with Crippen LogP contribution < -0.4 is 11.1 Å². The summed E-state index contributed by atoms with van der Waals surface area (Å²) in [6.45, 7) is 1.26. The van der Waals surface area contributed by atoms with Gasteiger partial charge in [0.1, 0.15) is 0 Å². The zero-order valence-corrected chi connectivity index (χ0v) is 10.3. The van der Waals surface area contributed by atoms with Gasteiger partial charge in [-0.2, -0.15) is 0 Å². The van der Waals surface area contributed by atoms with E-state index >= 15 is 0 Å². The Morgan fingerprint density at radius 3 is 2.62 bits per heavy atom. The molecule has 0 aliphatic carbocycles. The zero-order chi connectivity index (χ0) is 12.0. The van der Waals surface area contributed by atoms with Gasteiger partial charge in [0.05, 0.1) is 10.0 Å². The maximum atomic E-state index is 11.6. The van der Waals surface area contributed by atoms with E-state index in [1.54, 1.807) is 18.2 Å². The van der Waals surface area contributed by atoms with Gasteiger partial charge < -0.3 is 11.1 Å². The lowest BCUT2D eigenvalue weighted by Crippen LogP contribution is -2.24. The lowest BCUT2D eigenvalue weighted by molar-refractivity contribution is 0.0953. The Balaban J connectivity index is 2.50. The number of hydrogen-bond donors (Lipinski definition) is 2. The topological polar surface area (TPSA) is 55.1 Å². The van der Waals surface area contributed by atoms with Crippen molar-refractivity contribution in [2.75, 3.05) is 13.1 Å². The molecule has 0 unspecified atom stereocenters. The number of halogens is 2. The Labute approximate surface area is 105 Å². The fraction of sp³-hybridized carbons (Fsp3) is 0.364. The average Bonchev–Trinajstić information content (AvgIpc) is 2.28. The molecule has 0 spiro atoms. The molecule has 1 amide bonds. The molecular formula is C11H14Cl2N2O. The predicted molar refractivity (Wildman–Crippen MR) is 67.1 cm³/mol. The van der Waals surface area contributed by atoms with Crippen molar-refractivity contribution < 1.29 is 4.79 Å². The van der Waals surface area contributed by atoms with Gasteiger partial charge in [-0.05, 0) is 37.6 Å². The van der Waals surface area contributed by atoms with Gasteiger partial charge in [-0.25, -0.2) is 0 Å². The van der Waals surface area contributed by atoms with Gasteiger partial charge in [0.2, 0.25) is 0 Å². The van der Waals surface area contributed by atoms with Crippen molar-refractivity contribution in [1.29, 1.82) is 0 Å². The summed E-state index contributed by atoms with van der Waals surface area (Å²) in [6, 6.07) is 4.81. The monoisotopic (exact) mass is 260 g/mol. The van der Waals surface area contributed by atoms with Gasteiger partial charge in [0.25, 0.3) is 5.91 Å². The highest BCUT2D eigenvalue weighted by atomic mass is 35.5. The Morgan fingerprint density at radius 1 is 1.25 bits per heavy atom. The number of nitrogens with two attached hydrogens (primary N) is 1. The molecule has 0 saturated carbocycles. The molecule has 5 heteroatoms. The van der Waals surface area contributed by atoms with E-state index in [4.69, 9.17) is 28.9 Å². The van der Waals surface area contributed by atoms with Crippen LogP contribution in [0.2, 0.25) is 10.0 Å². The number of rotatable bonds is 5. The van der Waals surface area contributed by atoms with E-state index < -0.39 is 0 Å².